The molecule has 0 spiro atoms. The van der Waals surface area contributed by atoms with E-state index in [4.69, 9.17) is 14.2 Å². The standard InChI is InChI=1S/C36H61NO7/c1-6-8-10-12-14-15-16-17-18-19-21-23-25-27-35(39)44-32(30-42-29-28-33(36(40)41)37(3,4)5)31-43-34(38)26-24-22-20-13-11-9-7-2/h9,11,17-18,20-23,32-33H,6-8,10,12-16,19,24-31H2,1-5H3/b11-9+,18-17+,22-20+,23-21+. The number of ether oxygens (including phenoxy) is 3. The first-order valence-electron chi connectivity index (χ1n) is 16.7. The van der Waals surface area contributed by atoms with Crippen molar-refractivity contribution in [3.8, 4) is 0 Å². The van der Waals surface area contributed by atoms with Gasteiger partial charge in [0.05, 0.1) is 40.3 Å². The lowest BCUT2D eigenvalue weighted by molar-refractivity contribution is -0.889. The van der Waals surface area contributed by atoms with Gasteiger partial charge in [0.15, 0.2) is 6.10 Å². The average Bonchev–Trinajstić information content (AvgIpc) is 2.96. The first-order valence-corrected chi connectivity index (χ1v) is 16.7. The van der Waals surface area contributed by atoms with E-state index in [9.17, 15) is 19.5 Å². The van der Waals surface area contributed by atoms with Crippen molar-refractivity contribution in [3.05, 3.63) is 48.6 Å². The van der Waals surface area contributed by atoms with Crippen molar-refractivity contribution in [1.29, 1.82) is 0 Å². The number of carbonyl (C=O) groups is 3. The number of carboxylic acid groups (broad SMARTS) is 1. The number of aliphatic carboxylic acids is 1. The summed E-state index contributed by atoms with van der Waals surface area (Å²) in [5, 5.41) is 11.5. The van der Waals surface area contributed by atoms with Crippen molar-refractivity contribution >= 4 is 17.9 Å². The van der Waals surface area contributed by atoms with Crippen molar-refractivity contribution in [3.63, 3.8) is 0 Å². The number of rotatable bonds is 28. The lowest BCUT2D eigenvalue weighted by Crippen LogP contribution is -2.55. The van der Waals surface area contributed by atoms with Gasteiger partial charge in [0.25, 0.3) is 0 Å². The number of quaternary nitrogens is 1. The van der Waals surface area contributed by atoms with Gasteiger partial charge in [0.2, 0.25) is 0 Å². The fourth-order valence-electron chi connectivity index (χ4n) is 4.36. The summed E-state index contributed by atoms with van der Waals surface area (Å²) in [6, 6.07) is -0.739. The number of allylic oxidation sites excluding steroid dienone is 8. The Hall–Kier alpha value is -2.71. The SMILES string of the molecule is CC/C=C/C/C=C/CCC(=O)OCC(COCCC(C(=O)[O-])[N+](C)(C)C)OC(=O)CC/C=C/C/C=C/CCCCCCCC. The highest BCUT2D eigenvalue weighted by atomic mass is 16.6. The number of hydrogen-bond donors (Lipinski definition) is 0. The van der Waals surface area contributed by atoms with Gasteiger partial charge in [-0.15, -0.1) is 0 Å². The highest BCUT2D eigenvalue weighted by Crippen LogP contribution is 2.10. The molecule has 0 aromatic rings. The van der Waals surface area contributed by atoms with E-state index < -0.39 is 24.1 Å². The average molecular weight is 620 g/mol. The van der Waals surface area contributed by atoms with E-state index in [2.05, 4.69) is 38.2 Å². The Morgan fingerprint density at radius 1 is 0.705 bits per heavy atom. The maximum Gasteiger partial charge on any atom is 0.306 e. The highest BCUT2D eigenvalue weighted by molar-refractivity contribution is 5.70. The Morgan fingerprint density at radius 2 is 1.27 bits per heavy atom. The Kier molecular flexibility index (Phi) is 26.1. The Labute approximate surface area is 267 Å². The number of hydrogen-bond acceptors (Lipinski definition) is 7. The van der Waals surface area contributed by atoms with Crippen LogP contribution in [-0.2, 0) is 28.6 Å². The van der Waals surface area contributed by atoms with Crippen molar-refractivity contribution in [2.75, 3.05) is 41.0 Å². The summed E-state index contributed by atoms with van der Waals surface area (Å²) in [5.74, 6) is -1.93. The Bertz CT molecular complexity index is 870. The summed E-state index contributed by atoms with van der Waals surface area (Å²) in [7, 11) is 5.34. The molecule has 0 aromatic heterocycles. The van der Waals surface area contributed by atoms with E-state index in [-0.39, 0.29) is 49.5 Å². The van der Waals surface area contributed by atoms with Crippen molar-refractivity contribution < 1.29 is 38.2 Å². The maximum atomic E-state index is 12.5. The molecular formula is C36H61NO7. The zero-order chi connectivity index (χ0) is 32.9. The third kappa shape index (κ3) is 25.8. The lowest BCUT2D eigenvalue weighted by atomic mass is 10.1. The largest absolute Gasteiger partial charge is 0.544 e. The molecule has 0 rings (SSSR count). The second-order valence-corrected chi connectivity index (χ2v) is 12.0. The van der Waals surface area contributed by atoms with Crippen LogP contribution >= 0.6 is 0 Å². The summed E-state index contributed by atoms with van der Waals surface area (Å²) in [6.45, 7) is 4.33. The van der Waals surface area contributed by atoms with Gasteiger partial charge in [0, 0.05) is 19.3 Å². The van der Waals surface area contributed by atoms with Crippen LogP contribution < -0.4 is 5.11 Å². The van der Waals surface area contributed by atoms with Crippen molar-refractivity contribution in [1.82, 2.24) is 0 Å². The van der Waals surface area contributed by atoms with Gasteiger partial charge in [-0.25, -0.2) is 0 Å². The number of unbranched alkanes of at least 4 members (excludes halogenated alkanes) is 6. The van der Waals surface area contributed by atoms with Crippen LogP contribution in [0.4, 0.5) is 0 Å². The van der Waals surface area contributed by atoms with Crippen LogP contribution in [-0.4, -0.2) is 75.5 Å². The van der Waals surface area contributed by atoms with Crippen LogP contribution in [0.3, 0.4) is 0 Å². The second kappa shape index (κ2) is 27.8. The van der Waals surface area contributed by atoms with E-state index in [1.807, 2.05) is 24.3 Å². The molecule has 0 saturated carbocycles. The van der Waals surface area contributed by atoms with Crippen LogP contribution in [0.1, 0.15) is 110 Å². The molecule has 0 aromatic carbocycles. The molecule has 0 N–H and O–H groups in total. The van der Waals surface area contributed by atoms with Crippen LogP contribution in [0.25, 0.3) is 0 Å². The van der Waals surface area contributed by atoms with Crippen molar-refractivity contribution in [2.24, 2.45) is 0 Å². The zero-order valence-corrected chi connectivity index (χ0v) is 28.3. The molecule has 0 saturated heterocycles. The molecule has 8 heteroatoms. The molecular weight excluding hydrogens is 558 g/mol. The predicted molar refractivity (Wildman–Crippen MR) is 176 cm³/mol. The molecule has 0 radical (unpaired) electrons. The van der Waals surface area contributed by atoms with Crippen molar-refractivity contribution in [2.45, 2.75) is 122 Å². The molecule has 8 nitrogen and oxygen atoms in total. The topological polar surface area (TPSA) is 102 Å². The minimum Gasteiger partial charge on any atom is -0.544 e. The predicted octanol–water partition coefficient (Wildman–Crippen LogP) is 6.40. The Morgan fingerprint density at radius 3 is 1.86 bits per heavy atom. The van der Waals surface area contributed by atoms with Gasteiger partial charge in [-0.3, -0.25) is 9.59 Å². The van der Waals surface area contributed by atoms with E-state index in [1.165, 1.54) is 38.5 Å². The van der Waals surface area contributed by atoms with Gasteiger partial charge in [-0.1, -0.05) is 94.6 Å². The van der Waals surface area contributed by atoms with Gasteiger partial charge < -0.3 is 28.6 Å². The minimum absolute atomic E-state index is 0.00116. The molecule has 252 valence electrons. The summed E-state index contributed by atoms with van der Waals surface area (Å²) >= 11 is 0. The van der Waals surface area contributed by atoms with Crippen LogP contribution in [0.5, 0.6) is 0 Å². The number of carbonyl (C=O) groups excluding carboxylic acids is 3. The van der Waals surface area contributed by atoms with Crippen LogP contribution in [0.15, 0.2) is 48.6 Å². The summed E-state index contributed by atoms with van der Waals surface area (Å²) in [5.41, 5.74) is 0. The molecule has 0 aliphatic carbocycles. The molecule has 0 amide bonds. The van der Waals surface area contributed by atoms with Gasteiger partial charge >= 0.3 is 11.9 Å². The third-order valence-corrected chi connectivity index (χ3v) is 6.98. The van der Waals surface area contributed by atoms with E-state index in [0.717, 1.165) is 25.7 Å². The molecule has 0 aliphatic heterocycles. The lowest BCUT2D eigenvalue weighted by Gasteiger charge is -2.34. The fraction of sp³-hybridized carbons (Fsp3) is 0.694. The molecule has 0 heterocycles. The summed E-state index contributed by atoms with van der Waals surface area (Å²) < 4.78 is 16.8. The number of carboxylic acids is 1. The highest BCUT2D eigenvalue weighted by Gasteiger charge is 2.25. The summed E-state index contributed by atoms with van der Waals surface area (Å²) in [4.78, 5) is 36.3. The number of esters is 2. The third-order valence-electron chi connectivity index (χ3n) is 6.98. The molecule has 2 unspecified atom stereocenters. The first-order chi connectivity index (χ1) is 21.1. The van der Waals surface area contributed by atoms with Crippen LogP contribution in [0.2, 0.25) is 0 Å². The van der Waals surface area contributed by atoms with Gasteiger partial charge in [-0.2, -0.15) is 0 Å². The smallest absolute Gasteiger partial charge is 0.306 e. The Balaban J connectivity index is 4.62. The van der Waals surface area contributed by atoms with E-state index >= 15 is 0 Å². The number of likely N-dealkylation sites (N-methyl/N-ethyl adjacent to an activating group) is 1. The van der Waals surface area contributed by atoms with E-state index in [0.29, 0.717) is 12.8 Å². The molecule has 2 atom stereocenters. The second-order valence-electron chi connectivity index (χ2n) is 12.0. The monoisotopic (exact) mass is 619 g/mol. The van der Waals surface area contributed by atoms with E-state index in [1.54, 1.807) is 21.1 Å². The quantitative estimate of drug-likeness (QED) is 0.0432. The maximum absolute atomic E-state index is 12.5. The normalized spacial score (nSPS) is 13.8. The fourth-order valence-corrected chi connectivity index (χ4v) is 4.36. The first kappa shape index (κ1) is 41.3. The van der Waals surface area contributed by atoms with Gasteiger partial charge in [0.1, 0.15) is 12.6 Å². The molecule has 0 fully saturated rings. The molecule has 0 aliphatic rings. The summed E-state index contributed by atoms with van der Waals surface area (Å²) in [6.07, 6.45) is 29.1. The zero-order valence-electron chi connectivity index (χ0n) is 28.3. The minimum atomic E-state index is -1.14. The van der Waals surface area contributed by atoms with Gasteiger partial charge in [-0.05, 0) is 44.9 Å². The molecule has 44 heavy (non-hydrogen) atoms. The number of nitrogens with zero attached hydrogens (tertiary/aromatic N) is 1. The van der Waals surface area contributed by atoms with Crippen LogP contribution in [0, 0.1) is 0 Å². The molecule has 0 bridgehead atoms.